The third-order valence-electron chi connectivity index (χ3n) is 4.30. The van der Waals surface area contributed by atoms with E-state index in [1.807, 2.05) is 29.3 Å². The van der Waals surface area contributed by atoms with Crippen LogP contribution in [0.15, 0.2) is 17.5 Å². The highest BCUT2D eigenvalue weighted by Crippen LogP contribution is 2.20. The molecule has 0 saturated carbocycles. The van der Waals surface area contributed by atoms with Crippen molar-refractivity contribution in [1.29, 1.82) is 0 Å². The zero-order valence-corrected chi connectivity index (χ0v) is 15.7. The summed E-state index contributed by atoms with van der Waals surface area (Å²) in [7, 11) is 0. The van der Waals surface area contributed by atoms with Crippen LogP contribution < -0.4 is 10.6 Å². The molecule has 3 heterocycles. The molecule has 0 bridgehead atoms. The number of carbonyl (C=O) groups excluding carboxylic acids is 2. The summed E-state index contributed by atoms with van der Waals surface area (Å²) in [6, 6.07) is 3.83. The minimum Gasteiger partial charge on any atom is -0.338 e. The molecular formula is C16H21N5O2S2. The third-order valence-corrected chi connectivity index (χ3v) is 5.99. The normalized spacial score (nSPS) is 15.2. The number of carbonyl (C=O) groups is 2. The van der Waals surface area contributed by atoms with Crippen molar-refractivity contribution in [3.05, 3.63) is 33.0 Å². The Morgan fingerprint density at radius 3 is 2.76 bits per heavy atom. The van der Waals surface area contributed by atoms with Gasteiger partial charge in [-0.1, -0.05) is 10.6 Å². The Labute approximate surface area is 154 Å². The number of thiophene rings is 1. The molecule has 1 aliphatic rings. The maximum atomic E-state index is 12.4. The Balaban J connectivity index is 1.37. The molecule has 2 aromatic rings. The van der Waals surface area contributed by atoms with Gasteiger partial charge in [0, 0.05) is 24.5 Å². The lowest BCUT2D eigenvalue weighted by atomic mass is 9.96. The van der Waals surface area contributed by atoms with E-state index in [0.717, 1.165) is 29.3 Å². The van der Waals surface area contributed by atoms with Crippen LogP contribution in [-0.4, -0.2) is 46.1 Å². The molecule has 7 nitrogen and oxygen atoms in total. The molecule has 3 amide bonds. The Kier molecular flexibility index (Phi) is 5.98. The van der Waals surface area contributed by atoms with Crippen LogP contribution in [0.25, 0.3) is 0 Å². The highest BCUT2D eigenvalue weighted by Gasteiger charge is 2.26. The van der Waals surface area contributed by atoms with E-state index in [1.165, 1.54) is 0 Å². The summed E-state index contributed by atoms with van der Waals surface area (Å²) in [4.78, 5) is 27.9. The highest BCUT2D eigenvalue weighted by molar-refractivity contribution is 7.09. The first kappa shape index (κ1) is 17.8. The van der Waals surface area contributed by atoms with Gasteiger partial charge in [0.15, 0.2) is 0 Å². The van der Waals surface area contributed by atoms with E-state index in [9.17, 15) is 9.59 Å². The number of hydrogen-bond donors (Lipinski definition) is 2. The Bertz CT molecular complexity index is 708. The van der Waals surface area contributed by atoms with Crippen LogP contribution in [0, 0.1) is 12.8 Å². The maximum absolute atomic E-state index is 12.4. The first-order valence-electron chi connectivity index (χ1n) is 8.26. The lowest BCUT2D eigenvalue weighted by molar-refractivity contribution is 0.0694. The standard InChI is InChI=1S/C16H21N5O2S2/c1-11-14(25-20-19-11)15(22)21-6-4-12(5-7-21)9-17-16(23)18-10-13-3-2-8-24-13/h2-3,8,12H,4-7,9-10H2,1H3,(H2,17,18,23). The van der Waals surface area contributed by atoms with Crippen molar-refractivity contribution in [2.75, 3.05) is 19.6 Å². The average molecular weight is 380 g/mol. The van der Waals surface area contributed by atoms with E-state index in [4.69, 9.17) is 0 Å². The quantitative estimate of drug-likeness (QED) is 0.834. The fourth-order valence-electron chi connectivity index (χ4n) is 2.79. The summed E-state index contributed by atoms with van der Waals surface area (Å²) in [5.41, 5.74) is 0.696. The number of amides is 3. The molecule has 0 aromatic carbocycles. The zero-order valence-electron chi connectivity index (χ0n) is 14.0. The van der Waals surface area contributed by atoms with Crippen molar-refractivity contribution < 1.29 is 9.59 Å². The SMILES string of the molecule is Cc1nnsc1C(=O)N1CCC(CNC(=O)NCc2cccs2)CC1. The summed E-state index contributed by atoms with van der Waals surface area (Å²) < 4.78 is 3.83. The van der Waals surface area contributed by atoms with Crippen LogP contribution in [0.1, 0.15) is 33.1 Å². The van der Waals surface area contributed by atoms with E-state index in [1.54, 1.807) is 11.3 Å². The van der Waals surface area contributed by atoms with Crippen LogP contribution in [-0.2, 0) is 6.54 Å². The molecule has 0 radical (unpaired) electrons. The number of urea groups is 1. The number of piperidine rings is 1. The molecule has 3 rings (SSSR count). The Hall–Kier alpha value is -2.00. The minimum absolute atomic E-state index is 0.0209. The number of nitrogens with zero attached hydrogens (tertiary/aromatic N) is 3. The summed E-state index contributed by atoms with van der Waals surface area (Å²) in [6.45, 7) is 4.42. The second kappa shape index (κ2) is 8.39. The molecule has 1 fully saturated rings. The van der Waals surface area contributed by atoms with Crippen molar-refractivity contribution in [3.63, 3.8) is 0 Å². The lowest BCUT2D eigenvalue weighted by Crippen LogP contribution is -2.43. The second-order valence-electron chi connectivity index (χ2n) is 6.07. The smallest absolute Gasteiger partial charge is 0.315 e. The van der Waals surface area contributed by atoms with Crippen LogP contribution in [0.2, 0.25) is 0 Å². The van der Waals surface area contributed by atoms with Crippen LogP contribution in [0.3, 0.4) is 0 Å². The molecule has 1 aliphatic heterocycles. The predicted molar refractivity (Wildman–Crippen MR) is 97.8 cm³/mol. The Morgan fingerprint density at radius 1 is 1.32 bits per heavy atom. The first-order chi connectivity index (χ1) is 12.1. The fraction of sp³-hybridized carbons (Fsp3) is 0.500. The molecule has 2 aromatic heterocycles. The molecule has 1 saturated heterocycles. The highest BCUT2D eigenvalue weighted by atomic mass is 32.1. The van der Waals surface area contributed by atoms with Crippen LogP contribution in [0.5, 0.6) is 0 Å². The van der Waals surface area contributed by atoms with Crippen LogP contribution >= 0.6 is 22.9 Å². The minimum atomic E-state index is -0.140. The molecule has 25 heavy (non-hydrogen) atoms. The summed E-state index contributed by atoms with van der Waals surface area (Å²) >= 11 is 2.78. The molecule has 0 unspecified atom stereocenters. The van der Waals surface area contributed by atoms with E-state index >= 15 is 0 Å². The van der Waals surface area contributed by atoms with Gasteiger partial charge >= 0.3 is 6.03 Å². The molecule has 0 spiro atoms. The second-order valence-corrected chi connectivity index (χ2v) is 7.85. The largest absolute Gasteiger partial charge is 0.338 e. The van der Waals surface area contributed by atoms with Crippen LogP contribution in [0.4, 0.5) is 4.79 Å². The van der Waals surface area contributed by atoms with Gasteiger partial charge in [-0.05, 0) is 48.7 Å². The number of aryl methyl sites for hydroxylation is 1. The number of hydrogen-bond acceptors (Lipinski definition) is 6. The zero-order chi connectivity index (χ0) is 17.6. The van der Waals surface area contributed by atoms with E-state index in [-0.39, 0.29) is 11.9 Å². The van der Waals surface area contributed by atoms with Crippen molar-refractivity contribution in [3.8, 4) is 0 Å². The predicted octanol–water partition coefficient (Wildman–Crippen LogP) is 2.26. The Morgan fingerprint density at radius 2 is 2.12 bits per heavy atom. The summed E-state index contributed by atoms with van der Waals surface area (Å²) in [5, 5.41) is 11.7. The van der Waals surface area contributed by atoms with Gasteiger partial charge in [-0.25, -0.2) is 4.79 Å². The average Bonchev–Trinajstić information content (AvgIpc) is 3.29. The summed E-state index contributed by atoms with van der Waals surface area (Å²) in [5.74, 6) is 0.421. The molecule has 134 valence electrons. The molecule has 0 atom stereocenters. The lowest BCUT2D eigenvalue weighted by Gasteiger charge is -2.31. The van der Waals surface area contributed by atoms with Gasteiger partial charge in [-0.3, -0.25) is 4.79 Å². The van der Waals surface area contributed by atoms with Gasteiger partial charge in [0.1, 0.15) is 4.88 Å². The van der Waals surface area contributed by atoms with Crippen molar-refractivity contribution in [2.45, 2.75) is 26.3 Å². The number of aromatic nitrogens is 2. The summed E-state index contributed by atoms with van der Waals surface area (Å²) in [6.07, 6.45) is 1.78. The first-order valence-corrected chi connectivity index (χ1v) is 9.91. The van der Waals surface area contributed by atoms with Crippen molar-refractivity contribution >= 4 is 34.8 Å². The monoisotopic (exact) mass is 379 g/mol. The third kappa shape index (κ3) is 4.76. The van der Waals surface area contributed by atoms with Gasteiger partial charge in [0.2, 0.25) is 0 Å². The number of nitrogens with one attached hydrogen (secondary N) is 2. The maximum Gasteiger partial charge on any atom is 0.315 e. The fourth-order valence-corrected chi connectivity index (χ4v) is 4.06. The number of rotatable bonds is 5. The van der Waals surface area contributed by atoms with Gasteiger partial charge < -0.3 is 15.5 Å². The van der Waals surface area contributed by atoms with E-state index in [2.05, 4.69) is 20.2 Å². The molecule has 2 N–H and O–H groups in total. The van der Waals surface area contributed by atoms with E-state index < -0.39 is 0 Å². The van der Waals surface area contributed by atoms with E-state index in [0.29, 0.717) is 42.7 Å². The molecule has 9 heteroatoms. The van der Waals surface area contributed by atoms with Gasteiger partial charge in [0.25, 0.3) is 5.91 Å². The van der Waals surface area contributed by atoms with Crippen molar-refractivity contribution in [2.24, 2.45) is 5.92 Å². The number of likely N-dealkylation sites (tertiary alicyclic amines) is 1. The van der Waals surface area contributed by atoms with Gasteiger partial charge in [-0.2, -0.15) is 0 Å². The molecule has 0 aliphatic carbocycles. The molecular weight excluding hydrogens is 358 g/mol. The van der Waals surface area contributed by atoms with Gasteiger partial charge in [-0.15, -0.1) is 16.4 Å². The van der Waals surface area contributed by atoms with Crippen molar-refractivity contribution in [1.82, 2.24) is 25.1 Å². The van der Waals surface area contributed by atoms with Gasteiger partial charge in [0.05, 0.1) is 12.2 Å². The topological polar surface area (TPSA) is 87.2 Å².